The molecule has 0 aliphatic carbocycles. The standard InChI is InChI=1S/C31H23N/c1-22-12-8-9-17-25(22)27-21-20-26(23-13-4-2-5-14-23)31-30(27)28-18-10-11-19-29(28)32(31)24-15-6-3-7-16-24/h2-21H,1H3. The summed E-state index contributed by atoms with van der Waals surface area (Å²) in [6.45, 7) is 2.20. The Morgan fingerprint density at radius 1 is 0.500 bits per heavy atom. The zero-order valence-electron chi connectivity index (χ0n) is 18.0. The van der Waals surface area contributed by atoms with Crippen molar-refractivity contribution in [3.8, 4) is 27.9 Å². The minimum absolute atomic E-state index is 1.18. The smallest absolute Gasteiger partial charge is 0.0625 e. The van der Waals surface area contributed by atoms with Gasteiger partial charge >= 0.3 is 0 Å². The monoisotopic (exact) mass is 409 g/mol. The van der Waals surface area contributed by atoms with E-state index < -0.39 is 0 Å². The lowest BCUT2D eigenvalue weighted by molar-refractivity contribution is 1.18. The topological polar surface area (TPSA) is 4.93 Å². The number of hydrogen-bond donors (Lipinski definition) is 0. The SMILES string of the molecule is Cc1ccccc1-c1ccc(-c2ccccc2)c2c1c1ccccc1n2-c1ccccc1. The number of fused-ring (bicyclic) bond motifs is 3. The summed E-state index contributed by atoms with van der Waals surface area (Å²) in [5.74, 6) is 0. The lowest BCUT2D eigenvalue weighted by Crippen LogP contribution is -1.95. The van der Waals surface area contributed by atoms with E-state index in [0.717, 1.165) is 0 Å². The highest BCUT2D eigenvalue weighted by molar-refractivity contribution is 6.19. The van der Waals surface area contributed by atoms with E-state index in [0.29, 0.717) is 0 Å². The Labute approximate surface area is 188 Å². The summed E-state index contributed by atoms with van der Waals surface area (Å²) < 4.78 is 2.43. The number of benzene rings is 5. The maximum atomic E-state index is 2.43. The van der Waals surface area contributed by atoms with Crippen LogP contribution in [0.4, 0.5) is 0 Å². The zero-order chi connectivity index (χ0) is 21.5. The maximum absolute atomic E-state index is 2.43. The fourth-order valence-electron chi connectivity index (χ4n) is 4.89. The van der Waals surface area contributed by atoms with Crippen molar-refractivity contribution < 1.29 is 0 Å². The second-order valence-electron chi connectivity index (χ2n) is 8.25. The van der Waals surface area contributed by atoms with Gasteiger partial charge in [0.25, 0.3) is 0 Å². The summed E-state index contributed by atoms with van der Waals surface area (Å²) in [6.07, 6.45) is 0. The molecule has 1 heterocycles. The van der Waals surface area contributed by atoms with Crippen LogP contribution in [0.2, 0.25) is 0 Å². The molecule has 6 rings (SSSR count). The van der Waals surface area contributed by atoms with E-state index >= 15 is 0 Å². The summed E-state index contributed by atoms with van der Waals surface area (Å²) >= 11 is 0. The van der Waals surface area contributed by atoms with Crippen molar-refractivity contribution in [2.75, 3.05) is 0 Å². The van der Waals surface area contributed by atoms with Crippen LogP contribution in [0.25, 0.3) is 49.7 Å². The summed E-state index contributed by atoms with van der Waals surface area (Å²) in [4.78, 5) is 0. The molecule has 0 atom stereocenters. The molecular formula is C31H23N. The lowest BCUT2D eigenvalue weighted by atomic mass is 9.92. The molecule has 0 saturated carbocycles. The molecule has 0 aliphatic rings. The largest absolute Gasteiger partial charge is 0.309 e. The maximum Gasteiger partial charge on any atom is 0.0625 e. The molecule has 0 aliphatic heterocycles. The normalized spacial score (nSPS) is 11.3. The third-order valence-corrected chi connectivity index (χ3v) is 6.35. The number of aryl methyl sites for hydroxylation is 1. The van der Waals surface area contributed by atoms with Crippen LogP contribution in [0.5, 0.6) is 0 Å². The van der Waals surface area contributed by atoms with Crippen molar-refractivity contribution in [2.24, 2.45) is 0 Å². The van der Waals surface area contributed by atoms with Gasteiger partial charge in [-0.05, 0) is 47.4 Å². The van der Waals surface area contributed by atoms with Crippen molar-refractivity contribution >= 4 is 21.8 Å². The molecule has 0 fully saturated rings. The van der Waals surface area contributed by atoms with Gasteiger partial charge in [-0.25, -0.2) is 0 Å². The van der Waals surface area contributed by atoms with Crippen molar-refractivity contribution in [1.82, 2.24) is 4.57 Å². The average Bonchev–Trinajstić information content (AvgIpc) is 3.20. The summed E-state index contributed by atoms with van der Waals surface area (Å²) in [5.41, 5.74) is 10.00. The Hall–Kier alpha value is -4.10. The van der Waals surface area contributed by atoms with E-state index in [1.807, 2.05) is 0 Å². The predicted octanol–water partition coefficient (Wildman–Crippen LogP) is 8.43. The van der Waals surface area contributed by atoms with Crippen LogP contribution >= 0.6 is 0 Å². The van der Waals surface area contributed by atoms with Crippen LogP contribution < -0.4 is 0 Å². The minimum Gasteiger partial charge on any atom is -0.309 e. The first-order valence-electron chi connectivity index (χ1n) is 11.1. The third-order valence-electron chi connectivity index (χ3n) is 6.35. The van der Waals surface area contributed by atoms with Crippen molar-refractivity contribution in [3.63, 3.8) is 0 Å². The molecule has 0 amide bonds. The number of para-hydroxylation sites is 2. The van der Waals surface area contributed by atoms with Gasteiger partial charge in [0.2, 0.25) is 0 Å². The average molecular weight is 410 g/mol. The third kappa shape index (κ3) is 2.86. The molecular weight excluding hydrogens is 386 g/mol. The summed E-state index contributed by atoms with van der Waals surface area (Å²) in [7, 11) is 0. The summed E-state index contributed by atoms with van der Waals surface area (Å²) in [5, 5.41) is 2.59. The molecule has 1 heteroatoms. The molecule has 152 valence electrons. The second kappa shape index (κ2) is 7.55. The van der Waals surface area contributed by atoms with Gasteiger partial charge in [0.15, 0.2) is 0 Å². The van der Waals surface area contributed by atoms with Gasteiger partial charge in [-0.15, -0.1) is 0 Å². The molecule has 5 aromatic carbocycles. The Balaban J connectivity index is 1.85. The van der Waals surface area contributed by atoms with Crippen LogP contribution in [0.3, 0.4) is 0 Å². The molecule has 32 heavy (non-hydrogen) atoms. The number of hydrogen-bond acceptors (Lipinski definition) is 0. The van der Waals surface area contributed by atoms with Crippen LogP contribution in [0, 0.1) is 6.92 Å². The van der Waals surface area contributed by atoms with Crippen LogP contribution in [0.1, 0.15) is 5.56 Å². The highest BCUT2D eigenvalue weighted by Crippen LogP contribution is 2.43. The zero-order valence-corrected chi connectivity index (χ0v) is 18.0. The van der Waals surface area contributed by atoms with Crippen molar-refractivity contribution in [2.45, 2.75) is 6.92 Å². The molecule has 0 bridgehead atoms. The van der Waals surface area contributed by atoms with Gasteiger partial charge in [-0.2, -0.15) is 0 Å². The number of rotatable bonds is 3. The quantitative estimate of drug-likeness (QED) is 0.276. The van der Waals surface area contributed by atoms with E-state index in [-0.39, 0.29) is 0 Å². The van der Waals surface area contributed by atoms with Gasteiger partial charge in [-0.3, -0.25) is 0 Å². The number of nitrogens with zero attached hydrogens (tertiary/aromatic N) is 1. The van der Waals surface area contributed by atoms with E-state index in [4.69, 9.17) is 0 Å². The number of aromatic nitrogens is 1. The second-order valence-corrected chi connectivity index (χ2v) is 8.25. The van der Waals surface area contributed by atoms with Crippen LogP contribution in [-0.2, 0) is 0 Å². The van der Waals surface area contributed by atoms with Crippen LogP contribution in [0.15, 0.2) is 121 Å². The molecule has 0 N–H and O–H groups in total. The fraction of sp³-hybridized carbons (Fsp3) is 0.0323. The lowest BCUT2D eigenvalue weighted by Gasteiger charge is -2.14. The molecule has 0 saturated heterocycles. The van der Waals surface area contributed by atoms with Gasteiger partial charge in [0.1, 0.15) is 0 Å². The Morgan fingerprint density at radius 2 is 1.12 bits per heavy atom. The van der Waals surface area contributed by atoms with E-state index in [9.17, 15) is 0 Å². The van der Waals surface area contributed by atoms with E-state index in [1.54, 1.807) is 0 Å². The predicted molar refractivity (Wildman–Crippen MR) is 136 cm³/mol. The molecule has 0 unspecified atom stereocenters. The van der Waals surface area contributed by atoms with Gasteiger partial charge in [0, 0.05) is 22.0 Å². The van der Waals surface area contributed by atoms with Gasteiger partial charge in [0.05, 0.1) is 11.0 Å². The van der Waals surface area contributed by atoms with Gasteiger partial charge < -0.3 is 4.57 Å². The Kier molecular flexibility index (Phi) is 4.40. The molecule has 6 aromatic rings. The molecule has 1 nitrogen and oxygen atoms in total. The van der Waals surface area contributed by atoms with Crippen molar-refractivity contribution in [1.29, 1.82) is 0 Å². The highest BCUT2D eigenvalue weighted by Gasteiger charge is 2.20. The van der Waals surface area contributed by atoms with Crippen LogP contribution in [-0.4, -0.2) is 4.57 Å². The Morgan fingerprint density at radius 3 is 1.91 bits per heavy atom. The van der Waals surface area contributed by atoms with E-state index in [1.165, 1.54) is 55.3 Å². The Bertz CT molecular complexity index is 1560. The van der Waals surface area contributed by atoms with Gasteiger partial charge in [-0.1, -0.05) is 103 Å². The highest BCUT2D eigenvalue weighted by atomic mass is 15.0. The molecule has 0 radical (unpaired) electrons. The fourth-order valence-corrected chi connectivity index (χ4v) is 4.89. The van der Waals surface area contributed by atoms with Crippen molar-refractivity contribution in [3.05, 3.63) is 127 Å². The first-order chi connectivity index (χ1) is 15.8. The first-order valence-corrected chi connectivity index (χ1v) is 11.1. The van der Waals surface area contributed by atoms with E-state index in [2.05, 4.69) is 133 Å². The minimum atomic E-state index is 1.18. The summed E-state index contributed by atoms with van der Waals surface area (Å²) in [6, 6.07) is 43.5. The molecule has 1 aromatic heterocycles. The first kappa shape index (κ1) is 18.7. The molecule has 0 spiro atoms.